The molecule has 0 saturated heterocycles. The van der Waals surface area contributed by atoms with Crippen molar-refractivity contribution in [2.75, 3.05) is 6.54 Å². The molecule has 0 aliphatic carbocycles. The van der Waals surface area contributed by atoms with Gasteiger partial charge >= 0.3 is 0 Å². The molecule has 0 saturated carbocycles. The van der Waals surface area contributed by atoms with Crippen molar-refractivity contribution in [3.05, 3.63) is 57.7 Å². The molecule has 1 atom stereocenters. The maximum Gasteiger partial charge on any atom is 0.260 e. The molecule has 0 fully saturated rings. The number of benzene rings is 1. The number of aromatic nitrogens is 2. The van der Waals surface area contributed by atoms with Crippen LogP contribution in [0.5, 0.6) is 5.75 Å². The number of rotatable bonds is 6. The monoisotopic (exact) mass is 335 g/mol. The zero-order valence-corrected chi connectivity index (χ0v) is 13.7. The van der Waals surface area contributed by atoms with Crippen molar-refractivity contribution >= 4 is 17.5 Å². The standard InChI is InChI=1S/C16H18ClN3O3/c1-11-9-18-10-20(16(11)22)8-7-19-15(21)12(2)23-14-6-4-3-5-13(14)17/h3-6,9-10,12H,7-8H2,1-2H3,(H,19,21). The quantitative estimate of drug-likeness (QED) is 0.873. The minimum Gasteiger partial charge on any atom is -0.479 e. The minimum absolute atomic E-state index is 0.116. The summed E-state index contributed by atoms with van der Waals surface area (Å²) in [6.45, 7) is 3.99. The first kappa shape index (κ1) is 17.0. The molecule has 0 aliphatic heterocycles. The highest BCUT2D eigenvalue weighted by atomic mass is 35.5. The van der Waals surface area contributed by atoms with Gasteiger partial charge in [-0.3, -0.25) is 14.2 Å². The van der Waals surface area contributed by atoms with Gasteiger partial charge in [-0.05, 0) is 26.0 Å². The van der Waals surface area contributed by atoms with Gasteiger partial charge in [0.15, 0.2) is 6.10 Å². The summed E-state index contributed by atoms with van der Waals surface area (Å²) >= 11 is 5.99. The van der Waals surface area contributed by atoms with Gasteiger partial charge in [0.2, 0.25) is 0 Å². The van der Waals surface area contributed by atoms with Crippen molar-refractivity contribution in [1.82, 2.24) is 14.9 Å². The Hall–Kier alpha value is -2.34. The number of nitrogens with zero attached hydrogens (tertiary/aromatic N) is 2. The first-order valence-electron chi connectivity index (χ1n) is 7.19. The number of aryl methyl sites for hydroxylation is 1. The van der Waals surface area contributed by atoms with Gasteiger partial charge in [0.1, 0.15) is 5.75 Å². The van der Waals surface area contributed by atoms with Crippen molar-refractivity contribution in [1.29, 1.82) is 0 Å². The smallest absolute Gasteiger partial charge is 0.260 e. The molecule has 1 N–H and O–H groups in total. The van der Waals surface area contributed by atoms with Crippen LogP contribution in [0.4, 0.5) is 0 Å². The lowest BCUT2D eigenvalue weighted by Gasteiger charge is -2.15. The Morgan fingerprint density at radius 1 is 1.43 bits per heavy atom. The summed E-state index contributed by atoms with van der Waals surface area (Å²) in [5, 5.41) is 3.17. The molecule has 122 valence electrons. The Bertz CT molecular complexity index is 745. The maximum atomic E-state index is 12.0. The van der Waals surface area contributed by atoms with E-state index in [0.717, 1.165) is 0 Å². The highest BCUT2D eigenvalue weighted by Crippen LogP contribution is 2.24. The first-order valence-corrected chi connectivity index (χ1v) is 7.57. The van der Waals surface area contributed by atoms with Crippen LogP contribution in [0.3, 0.4) is 0 Å². The third kappa shape index (κ3) is 4.56. The highest BCUT2D eigenvalue weighted by molar-refractivity contribution is 6.32. The largest absolute Gasteiger partial charge is 0.479 e. The number of hydrogen-bond donors (Lipinski definition) is 1. The van der Waals surface area contributed by atoms with Crippen LogP contribution in [-0.4, -0.2) is 28.1 Å². The molecular weight excluding hydrogens is 318 g/mol. The topological polar surface area (TPSA) is 73.2 Å². The molecule has 1 aromatic carbocycles. The van der Waals surface area contributed by atoms with E-state index in [1.807, 2.05) is 0 Å². The Balaban J connectivity index is 1.86. The molecule has 0 radical (unpaired) electrons. The van der Waals surface area contributed by atoms with Gasteiger partial charge in [-0.25, -0.2) is 4.98 Å². The fourth-order valence-corrected chi connectivity index (χ4v) is 2.13. The van der Waals surface area contributed by atoms with E-state index in [2.05, 4.69) is 10.3 Å². The molecule has 6 nitrogen and oxygen atoms in total. The van der Waals surface area contributed by atoms with Gasteiger partial charge in [-0.2, -0.15) is 0 Å². The molecule has 0 spiro atoms. The Morgan fingerprint density at radius 2 is 2.17 bits per heavy atom. The van der Waals surface area contributed by atoms with E-state index < -0.39 is 6.10 Å². The van der Waals surface area contributed by atoms with Crippen LogP contribution in [0.1, 0.15) is 12.5 Å². The number of carbonyl (C=O) groups excluding carboxylic acids is 1. The van der Waals surface area contributed by atoms with E-state index in [-0.39, 0.29) is 11.5 Å². The molecule has 7 heteroatoms. The van der Waals surface area contributed by atoms with Crippen molar-refractivity contribution in [3.63, 3.8) is 0 Å². The molecule has 1 amide bonds. The van der Waals surface area contributed by atoms with Crippen LogP contribution in [0.25, 0.3) is 0 Å². The number of hydrogen-bond acceptors (Lipinski definition) is 4. The van der Waals surface area contributed by atoms with Gasteiger partial charge in [0.25, 0.3) is 11.5 Å². The molecule has 23 heavy (non-hydrogen) atoms. The summed E-state index contributed by atoms with van der Waals surface area (Å²) in [6.07, 6.45) is 2.27. The van der Waals surface area contributed by atoms with E-state index in [0.29, 0.717) is 29.4 Å². The van der Waals surface area contributed by atoms with E-state index in [4.69, 9.17) is 16.3 Å². The number of amides is 1. The zero-order chi connectivity index (χ0) is 16.8. The molecule has 2 rings (SSSR count). The van der Waals surface area contributed by atoms with Crippen LogP contribution < -0.4 is 15.6 Å². The van der Waals surface area contributed by atoms with Crippen molar-refractivity contribution in [2.45, 2.75) is 26.5 Å². The molecule has 0 aliphatic rings. The fourth-order valence-electron chi connectivity index (χ4n) is 1.95. The van der Waals surface area contributed by atoms with Gasteiger partial charge in [0.05, 0.1) is 11.3 Å². The summed E-state index contributed by atoms with van der Waals surface area (Å²) in [5.41, 5.74) is 0.448. The summed E-state index contributed by atoms with van der Waals surface area (Å²) < 4.78 is 6.98. The third-order valence-corrected chi connectivity index (χ3v) is 3.55. The number of para-hydroxylation sites is 1. The van der Waals surface area contributed by atoms with Crippen molar-refractivity contribution in [2.24, 2.45) is 0 Å². The molecule has 1 heterocycles. The normalized spacial score (nSPS) is 11.8. The Labute approximate surface area is 139 Å². The van der Waals surface area contributed by atoms with Gasteiger partial charge < -0.3 is 10.1 Å². The number of ether oxygens (including phenoxy) is 1. The average molecular weight is 336 g/mol. The molecule has 2 aromatic rings. The predicted molar refractivity (Wildman–Crippen MR) is 87.8 cm³/mol. The van der Waals surface area contributed by atoms with Crippen molar-refractivity contribution in [3.8, 4) is 5.75 Å². The highest BCUT2D eigenvalue weighted by Gasteiger charge is 2.15. The molecule has 1 unspecified atom stereocenters. The van der Waals surface area contributed by atoms with Crippen LogP contribution in [0.15, 0.2) is 41.6 Å². The summed E-state index contributed by atoms with van der Waals surface area (Å²) in [6, 6.07) is 6.96. The van der Waals surface area contributed by atoms with E-state index >= 15 is 0 Å². The average Bonchev–Trinajstić information content (AvgIpc) is 2.53. The number of nitrogens with one attached hydrogen (secondary N) is 1. The van der Waals surface area contributed by atoms with Crippen LogP contribution >= 0.6 is 11.6 Å². The lowest BCUT2D eigenvalue weighted by molar-refractivity contribution is -0.127. The Kier molecular flexibility index (Phi) is 5.76. The minimum atomic E-state index is -0.692. The molecule has 0 bridgehead atoms. The lowest BCUT2D eigenvalue weighted by atomic mass is 10.3. The fraction of sp³-hybridized carbons (Fsp3) is 0.312. The third-order valence-electron chi connectivity index (χ3n) is 3.23. The van der Waals surface area contributed by atoms with E-state index in [1.165, 1.54) is 17.1 Å². The second kappa shape index (κ2) is 7.78. The second-order valence-electron chi connectivity index (χ2n) is 5.06. The summed E-state index contributed by atoms with van der Waals surface area (Å²) in [4.78, 5) is 27.8. The summed E-state index contributed by atoms with van der Waals surface area (Å²) in [7, 11) is 0. The second-order valence-corrected chi connectivity index (χ2v) is 5.46. The maximum absolute atomic E-state index is 12.0. The van der Waals surface area contributed by atoms with E-state index in [1.54, 1.807) is 38.1 Å². The number of carbonyl (C=O) groups is 1. The predicted octanol–water partition coefficient (Wildman–Crippen LogP) is 1.79. The van der Waals surface area contributed by atoms with Crippen LogP contribution in [0.2, 0.25) is 5.02 Å². The zero-order valence-electron chi connectivity index (χ0n) is 13.0. The summed E-state index contributed by atoms with van der Waals surface area (Å²) in [5.74, 6) is 0.175. The lowest BCUT2D eigenvalue weighted by Crippen LogP contribution is -2.39. The van der Waals surface area contributed by atoms with Gasteiger partial charge in [0, 0.05) is 24.8 Å². The van der Waals surface area contributed by atoms with Crippen LogP contribution in [0, 0.1) is 6.92 Å². The molecule has 1 aromatic heterocycles. The number of halogens is 1. The van der Waals surface area contributed by atoms with Gasteiger partial charge in [-0.1, -0.05) is 23.7 Å². The van der Waals surface area contributed by atoms with E-state index in [9.17, 15) is 9.59 Å². The van der Waals surface area contributed by atoms with Gasteiger partial charge in [-0.15, -0.1) is 0 Å². The molecular formula is C16H18ClN3O3. The Morgan fingerprint density at radius 3 is 2.91 bits per heavy atom. The first-order chi connectivity index (χ1) is 11.0. The SMILES string of the molecule is Cc1cncn(CCNC(=O)C(C)Oc2ccccc2Cl)c1=O. The van der Waals surface area contributed by atoms with Crippen molar-refractivity contribution < 1.29 is 9.53 Å². The van der Waals surface area contributed by atoms with Crippen LogP contribution in [-0.2, 0) is 11.3 Å².